The molecule has 2 bridgehead atoms. The van der Waals surface area contributed by atoms with Crippen LogP contribution < -0.4 is 4.74 Å². The Hall–Kier alpha value is -2.93. The van der Waals surface area contributed by atoms with Crippen LogP contribution in [0, 0.1) is 0 Å². The highest BCUT2D eigenvalue weighted by Crippen LogP contribution is 2.39. The van der Waals surface area contributed by atoms with Gasteiger partial charge in [-0.2, -0.15) is 13.2 Å². The summed E-state index contributed by atoms with van der Waals surface area (Å²) in [5.41, 5.74) is 1.12. The zero-order valence-corrected chi connectivity index (χ0v) is 19.9. The third kappa shape index (κ3) is 5.50. The fourth-order valence-corrected chi connectivity index (χ4v) is 5.94. The molecule has 3 aromatic rings. The molecule has 7 heteroatoms. The molecule has 0 aromatic heterocycles. The lowest BCUT2D eigenvalue weighted by atomic mass is 9.98. The SMILES string of the molecule is O=C(c1ccc(CSc2ccccc2)cc1)N1C2CCC1CC(Oc1cccc(C(F)(F)F)c1)C2. The molecule has 35 heavy (non-hydrogen) atoms. The molecule has 0 radical (unpaired) electrons. The largest absolute Gasteiger partial charge is 0.490 e. The minimum atomic E-state index is -4.40. The van der Waals surface area contributed by atoms with E-state index >= 15 is 0 Å². The van der Waals surface area contributed by atoms with E-state index in [1.54, 1.807) is 17.8 Å². The highest BCUT2D eigenvalue weighted by atomic mass is 32.2. The van der Waals surface area contributed by atoms with Crippen molar-refractivity contribution in [3.05, 3.63) is 95.6 Å². The Labute approximate surface area is 207 Å². The van der Waals surface area contributed by atoms with Crippen LogP contribution in [0.3, 0.4) is 0 Å². The van der Waals surface area contributed by atoms with Crippen LogP contribution in [0.15, 0.2) is 83.8 Å². The first-order valence-corrected chi connectivity index (χ1v) is 12.8. The van der Waals surface area contributed by atoms with E-state index in [-0.39, 0.29) is 29.8 Å². The van der Waals surface area contributed by atoms with E-state index in [1.165, 1.54) is 11.0 Å². The first-order valence-electron chi connectivity index (χ1n) is 11.8. The Morgan fingerprint density at radius 1 is 0.914 bits per heavy atom. The van der Waals surface area contributed by atoms with Gasteiger partial charge in [-0.3, -0.25) is 4.79 Å². The van der Waals surface area contributed by atoms with Crippen molar-refractivity contribution in [3.8, 4) is 5.75 Å². The number of nitrogens with zero attached hydrogens (tertiary/aromatic N) is 1. The summed E-state index contributed by atoms with van der Waals surface area (Å²) in [5.74, 6) is 1.09. The summed E-state index contributed by atoms with van der Waals surface area (Å²) in [5, 5.41) is 0. The Balaban J connectivity index is 1.20. The molecule has 0 spiro atoms. The van der Waals surface area contributed by atoms with Crippen molar-refractivity contribution in [3.63, 3.8) is 0 Å². The van der Waals surface area contributed by atoms with Crippen molar-refractivity contribution in [1.82, 2.24) is 4.90 Å². The molecule has 0 aliphatic carbocycles. The van der Waals surface area contributed by atoms with Crippen molar-refractivity contribution in [2.75, 3.05) is 0 Å². The third-order valence-electron chi connectivity index (χ3n) is 6.74. The molecular weight excluding hydrogens is 471 g/mol. The lowest BCUT2D eigenvalue weighted by Crippen LogP contribution is -2.49. The van der Waals surface area contributed by atoms with Gasteiger partial charge in [0.05, 0.1) is 5.56 Å². The zero-order chi connectivity index (χ0) is 24.4. The summed E-state index contributed by atoms with van der Waals surface area (Å²) in [6.45, 7) is 0. The van der Waals surface area contributed by atoms with Gasteiger partial charge in [0.15, 0.2) is 0 Å². The smallest absolute Gasteiger partial charge is 0.416 e. The lowest BCUT2D eigenvalue weighted by molar-refractivity contribution is -0.137. The maximum atomic E-state index is 13.3. The Kier molecular flexibility index (Phi) is 6.78. The molecular formula is C28H26F3NO2S. The first kappa shape index (κ1) is 23.8. The number of fused-ring (bicyclic) bond motifs is 2. The topological polar surface area (TPSA) is 29.5 Å². The minimum absolute atomic E-state index is 0.0253. The number of amides is 1. The number of carbonyl (C=O) groups excluding carboxylic acids is 1. The number of rotatable bonds is 6. The van der Waals surface area contributed by atoms with Crippen molar-refractivity contribution in [2.45, 2.75) is 60.7 Å². The van der Waals surface area contributed by atoms with Gasteiger partial charge in [-0.05, 0) is 60.9 Å². The molecule has 2 unspecified atom stereocenters. The maximum absolute atomic E-state index is 13.3. The van der Waals surface area contributed by atoms with Gasteiger partial charge >= 0.3 is 6.18 Å². The summed E-state index contributed by atoms with van der Waals surface area (Å²) in [4.78, 5) is 16.5. The zero-order valence-electron chi connectivity index (χ0n) is 19.1. The number of piperidine rings is 1. The van der Waals surface area contributed by atoms with E-state index in [0.717, 1.165) is 36.3 Å². The summed E-state index contributed by atoms with van der Waals surface area (Å²) in [6, 6.07) is 23.1. The molecule has 2 fully saturated rings. The molecule has 182 valence electrons. The van der Waals surface area contributed by atoms with Crippen molar-refractivity contribution in [2.24, 2.45) is 0 Å². The highest BCUT2D eigenvalue weighted by Gasteiger charge is 2.44. The molecule has 3 aromatic carbocycles. The van der Waals surface area contributed by atoms with E-state index < -0.39 is 11.7 Å². The van der Waals surface area contributed by atoms with Gasteiger partial charge in [-0.25, -0.2) is 0 Å². The molecule has 0 saturated carbocycles. The molecule has 2 saturated heterocycles. The van der Waals surface area contributed by atoms with E-state index in [1.807, 2.05) is 47.4 Å². The first-order chi connectivity index (χ1) is 16.9. The Morgan fingerprint density at radius 2 is 1.60 bits per heavy atom. The van der Waals surface area contributed by atoms with Gasteiger partial charge in [0.2, 0.25) is 0 Å². The number of hydrogen-bond donors (Lipinski definition) is 0. The predicted octanol–water partition coefficient (Wildman–Crippen LogP) is 7.21. The quantitative estimate of drug-likeness (QED) is 0.337. The summed E-state index contributed by atoms with van der Waals surface area (Å²) < 4.78 is 45.0. The van der Waals surface area contributed by atoms with Crippen molar-refractivity contribution >= 4 is 17.7 Å². The molecule has 0 N–H and O–H groups in total. The number of ether oxygens (including phenoxy) is 1. The second-order valence-corrected chi connectivity index (χ2v) is 10.2. The van der Waals surface area contributed by atoms with Gasteiger partial charge in [0.25, 0.3) is 5.91 Å². The van der Waals surface area contributed by atoms with Gasteiger partial charge in [0.1, 0.15) is 11.9 Å². The number of benzene rings is 3. The number of carbonyl (C=O) groups is 1. The minimum Gasteiger partial charge on any atom is -0.490 e. The molecule has 5 rings (SSSR count). The molecule has 2 heterocycles. The van der Waals surface area contributed by atoms with Gasteiger partial charge in [-0.1, -0.05) is 36.4 Å². The van der Waals surface area contributed by atoms with E-state index in [4.69, 9.17) is 4.74 Å². The normalized spacial score (nSPS) is 21.7. The highest BCUT2D eigenvalue weighted by molar-refractivity contribution is 7.98. The van der Waals surface area contributed by atoms with E-state index in [2.05, 4.69) is 12.1 Å². The van der Waals surface area contributed by atoms with Crippen LogP contribution in [0.25, 0.3) is 0 Å². The predicted molar refractivity (Wildman–Crippen MR) is 131 cm³/mol. The van der Waals surface area contributed by atoms with E-state index in [9.17, 15) is 18.0 Å². The van der Waals surface area contributed by atoms with E-state index in [0.29, 0.717) is 18.4 Å². The fraction of sp³-hybridized carbons (Fsp3) is 0.321. The van der Waals surface area contributed by atoms with Crippen LogP contribution >= 0.6 is 11.8 Å². The maximum Gasteiger partial charge on any atom is 0.416 e. The fourth-order valence-electron chi connectivity index (χ4n) is 5.07. The van der Waals surface area contributed by atoms with Crippen LogP contribution in [0.1, 0.15) is 47.2 Å². The summed E-state index contributed by atoms with van der Waals surface area (Å²) >= 11 is 1.76. The van der Waals surface area contributed by atoms with Gasteiger partial charge < -0.3 is 9.64 Å². The van der Waals surface area contributed by atoms with Crippen LogP contribution in [0.2, 0.25) is 0 Å². The Bertz CT molecular complexity index is 1150. The Morgan fingerprint density at radius 3 is 2.26 bits per heavy atom. The third-order valence-corrected chi connectivity index (χ3v) is 7.82. The van der Waals surface area contributed by atoms with Crippen LogP contribution in [0.4, 0.5) is 13.2 Å². The summed E-state index contributed by atoms with van der Waals surface area (Å²) in [6.07, 6.45) is -1.55. The van der Waals surface area contributed by atoms with Gasteiger partial charge in [0, 0.05) is 41.1 Å². The lowest BCUT2D eigenvalue weighted by Gasteiger charge is -2.39. The average molecular weight is 498 g/mol. The monoisotopic (exact) mass is 497 g/mol. The molecule has 1 amide bonds. The van der Waals surface area contributed by atoms with Crippen molar-refractivity contribution < 1.29 is 22.7 Å². The van der Waals surface area contributed by atoms with Crippen LogP contribution in [-0.2, 0) is 11.9 Å². The van der Waals surface area contributed by atoms with Crippen LogP contribution in [0.5, 0.6) is 5.75 Å². The average Bonchev–Trinajstić information content (AvgIpc) is 3.13. The molecule has 3 nitrogen and oxygen atoms in total. The number of halogens is 3. The van der Waals surface area contributed by atoms with Crippen LogP contribution in [-0.4, -0.2) is 29.0 Å². The second kappa shape index (κ2) is 9.97. The number of thioether (sulfide) groups is 1. The second-order valence-electron chi connectivity index (χ2n) is 9.13. The van der Waals surface area contributed by atoms with Crippen molar-refractivity contribution in [1.29, 1.82) is 0 Å². The molecule has 2 aliphatic heterocycles. The summed E-state index contributed by atoms with van der Waals surface area (Å²) in [7, 11) is 0. The molecule has 2 aliphatic rings. The standard InChI is InChI=1S/C28H26F3NO2S/c29-28(30,31)21-5-4-6-24(15-21)34-25-16-22-13-14-23(17-25)32(22)27(33)20-11-9-19(10-12-20)18-35-26-7-2-1-3-8-26/h1-12,15,22-23,25H,13-14,16-18H2. The molecule has 2 atom stereocenters. The number of hydrogen-bond acceptors (Lipinski definition) is 3. The number of alkyl halides is 3. The van der Waals surface area contributed by atoms with Gasteiger partial charge in [-0.15, -0.1) is 11.8 Å².